The molecule has 0 aliphatic heterocycles. The number of nitrogens with one attached hydrogen (secondary N) is 1. The number of amides is 1. The number of nitrogens with zero attached hydrogens (tertiary/aromatic N) is 2. The van der Waals surface area contributed by atoms with Crippen LogP contribution in [0.5, 0.6) is 0 Å². The molecule has 136 valence electrons. The minimum atomic E-state index is -4.73. The van der Waals surface area contributed by atoms with E-state index < -0.39 is 29.8 Å². The van der Waals surface area contributed by atoms with Crippen LogP contribution in [0.1, 0.15) is 33.3 Å². The maximum absolute atomic E-state index is 12.7. The fourth-order valence-corrected chi connectivity index (χ4v) is 2.52. The normalized spacial score (nSPS) is 12.2. The van der Waals surface area contributed by atoms with Crippen LogP contribution in [0.25, 0.3) is 0 Å². The molecule has 0 aliphatic rings. The molecule has 1 aromatic heterocycles. The van der Waals surface area contributed by atoms with Crippen LogP contribution in [0.3, 0.4) is 0 Å². The second kappa shape index (κ2) is 8.32. The molecule has 1 amide bonds. The van der Waals surface area contributed by atoms with Gasteiger partial charge < -0.3 is 9.88 Å². The molecule has 5 nitrogen and oxygen atoms in total. The van der Waals surface area contributed by atoms with E-state index in [-0.39, 0.29) is 0 Å². The average molecular weight is 347 g/mol. The Bertz CT molecular complexity index is 601. The molecule has 1 N–H and O–H groups in total. The molecule has 0 spiro atoms. The van der Waals surface area contributed by atoms with Gasteiger partial charge in [-0.2, -0.15) is 13.2 Å². The second-order valence-electron chi connectivity index (χ2n) is 6.13. The molecule has 0 saturated heterocycles. The van der Waals surface area contributed by atoms with Crippen LogP contribution in [0.2, 0.25) is 0 Å². The molecule has 8 heteroatoms. The monoisotopic (exact) mass is 347 g/mol. The highest BCUT2D eigenvalue weighted by molar-refractivity contribution is 5.75. The zero-order chi connectivity index (χ0) is 18.5. The quantitative estimate of drug-likeness (QED) is 0.822. The van der Waals surface area contributed by atoms with E-state index in [2.05, 4.69) is 10.2 Å². The zero-order valence-electron chi connectivity index (χ0n) is 14.4. The summed E-state index contributed by atoms with van der Waals surface area (Å²) in [6.07, 6.45) is -3.56. The molecule has 0 unspecified atom stereocenters. The van der Waals surface area contributed by atoms with Gasteiger partial charge in [0.2, 0.25) is 5.91 Å². The fraction of sp³-hybridized carbons (Fsp3) is 0.625. The van der Waals surface area contributed by atoms with Crippen molar-refractivity contribution in [1.82, 2.24) is 14.8 Å². The summed E-state index contributed by atoms with van der Waals surface area (Å²) in [5, 5.41) is 2.64. The maximum atomic E-state index is 12.7. The Balaban J connectivity index is 2.65. The number of pyridine rings is 1. The van der Waals surface area contributed by atoms with Crippen LogP contribution < -0.4 is 10.9 Å². The summed E-state index contributed by atoms with van der Waals surface area (Å²) in [7, 11) is 0. The summed E-state index contributed by atoms with van der Waals surface area (Å²) in [6, 6.07) is 2.44. The second-order valence-corrected chi connectivity index (χ2v) is 6.13. The number of hydrogen-bond acceptors (Lipinski definition) is 3. The molecular weight excluding hydrogens is 323 g/mol. The number of aromatic nitrogens is 1. The predicted molar refractivity (Wildman–Crippen MR) is 85.7 cm³/mol. The molecule has 0 atom stereocenters. The Morgan fingerprint density at radius 1 is 1.25 bits per heavy atom. The van der Waals surface area contributed by atoms with Gasteiger partial charge in [-0.05, 0) is 39.8 Å². The van der Waals surface area contributed by atoms with Crippen LogP contribution in [0.4, 0.5) is 13.2 Å². The van der Waals surface area contributed by atoms with Gasteiger partial charge in [0.1, 0.15) is 12.1 Å². The van der Waals surface area contributed by atoms with E-state index >= 15 is 0 Å². The third-order valence-corrected chi connectivity index (χ3v) is 3.66. The van der Waals surface area contributed by atoms with Gasteiger partial charge in [-0.25, -0.2) is 0 Å². The summed E-state index contributed by atoms with van der Waals surface area (Å²) in [6.45, 7) is 8.73. The Hall–Kier alpha value is -1.83. The molecule has 0 aliphatic carbocycles. The van der Waals surface area contributed by atoms with Crippen molar-refractivity contribution in [3.8, 4) is 0 Å². The average Bonchev–Trinajstić information content (AvgIpc) is 2.43. The van der Waals surface area contributed by atoms with Gasteiger partial charge >= 0.3 is 6.18 Å². The Morgan fingerprint density at radius 2 is 1.83 bits per heavy atom. The first-order valence-electron chi connectivity index (χ1n) is 7.83. The Morgan fingerprint density at radius 3 is 2.33 bits per heavy atom. The minimum Gasteiger partial charge on any atom is -0.353 e. The van der Waals surface area contributed by atoms with Crippen LogP contribution >= 0.6 is 0 Å². The van der Waals surface area contributed by atoms with Crippen LogP contribution in [-0.2, 0) is 17.5 Å². The van der Waals surface area contributed by atoms with Crippen molar-refractivity contribution in [2.45, 2.75) is 52.5 Å². The molecule has 0 bridgehead atoms. The number of carbonyl (C=O) groups is 1. The van der Waals surface area contributed by atoms with Crippen molar-refractivity contribution in [2.75, 3.05) is 13.1 Å². The Kier molecular flexibility index (Phi) is 7.01. The lowest BCUT2D eigenvalue weighted by Gasteiger charge is -2.30. The van der Waals surface area contributed by atoms with Crippen molar-refractivity contribution in [3.63, 3.8) is 0 Å². The SMILES string of the molecule is CC(C)N(CCNC(=O)Cn1cccc(C(F)(F)F)c1=O)C(C)C. The summed E-state index contributed by atoms with van der Waals surface area (Å²) < 4.78 is 38.8. The van der Waals surface area contributed by atoms with E-state index in [1.165, 1.54) is 6.20 Å². The largest absolute Gasteiger partial charge is 0.421 e. The summed E-state index contributed by atoms with van der Waals surface area (Å²) >= 11 is 0. The lowest BCUT2D eigenvalue weighted by atomic mass is 10.2. The van der Waals surface area contributed by atoms with Crippen molar-refractivity contribution in [1.29, 1.82) is 0 Å². The molecule has 0 aromatic carbocycles. The molecule has 24 heavy (non-hydrogen) atoms. The van der Waals surface area contributed by atoms with Gasteiger partial charge in [-0.15, -0.1) is 0 Å². The van der Waals surface area contributed by atoms with Gasteiger partial charge in [0.15, 0.2) is 0 Å². The highest BCUT2D eigenvalue weighted by Crippen LogP contribution is 2.25. The van der Waals surface area contributed by atoms with Crippen molar-refractivity contribution in [2.24, 2.45) is 0 Å². The fourth-order valence-electron chi connectivity index (χ4n) is 2.52. The van der Waals surface area contributed by atoms with E-state index in [9.17, 15) is 22.8 Å². The lowest BCUT2D eigenvalue weighted by Crippen LogP contribution is -2.43. The lowest BCUT2D eigenvalue weighted by molar-refractivity contribution is -0.139. The van der Waals surface area contributed by atoms with Crippen molar-refractivity contribution >= 4 is 5.91 Å². The first kappa shape index (κ1) is 20.2. The summed E-state index contributed by atoms with van der Waals surface area (Å²) in [5.74, 6) is -0.496. The summed E-state index contributed by atoms with van der Waals surface area (Å²) in [5.41, 5.74) is -2.49. The van der Waals surface area contributed by atoms with Gasteiger partial charge in [0, 0.05) is 31.4 Å². The molecule has 1 aromatic rings. The predicted octanol–water partition coefficient (Wildman–Crippen LogP) is 2.10. The highest BCUT2D eigenvalue weighted by Gasteiger charge is 2.34. The molecule has 0 saturated carbocycles. The standard InChI is InChI=1S/C16H24F3N3O2/c1-11(2)22(12(3)4)9-7-20-14(23)10-21-8-5-6-13(15(21)24)16(17,18)19/h5-6,8,11-12H,7,9-10H2,1-4H3,(H,20,23). The minimum absolute atomic E-state index is 0.313. The van der Waals surface area contributed by atoms with Crippen LogP contribution in [-0.4, -0.2) is 40.5 Å². The molecular formula is C16H24F3N3O2. The van der Waals surface area contributed by atoms with Crippen molar-refractivity contribution < 1.29 is 18.0 Å². The van der Waals surface area contributed by atoms with Gasteiger partial charge in [0.05, 0.1) is 0 Å². The van der Waals surface area contributed by atoms with E-state index in [0.29, 0.717) is 31.2 Å². The first-order chi connectivity index (χ1) is 11.0. The molecule has 1 rings (SSSR count). The van der Waals surface area contributed by atoms with Gasteiger partial charge in [-0.1, -0.05) is 0 Å². The van der Waals surface area contributed by atoms with Gasteiger partial charge in [-0.3, -0.25) is 14.5 Å². The molecule has 1 heterocycles. The summed E-state index contributed by atoms with van der Waals surface area (Å²) in [4.78, 5) is 25.8. The molecule has 0 radical (unpaired) electrons. The number of carbonyl (C=O) groups excluding carboxylic acids is 1. The van der Waals surface area contributed by atoms with E-state index in [1.54, 1.807) is 0 Å². The first-order valence-corrected chi connectivity index (χ1v) is 7.83. The van der Waals surface area contributed by atoms with Gasteiger partial charge in [0.25, 0.3) is 5.56 Å². The smallest absolute Gasteiger partial charge is 0.353 e. The third kappa shape index (κ3) is 5.67. The number of rotatable bonds is 7. The zero-order valence-corrected chi connectivity index (χ0v) is 14.4. The third-order valence-electron chi connectivity index (χ3n) is 3.66. The Labute approximate surface area is 139 Å². The van der Waals surface area contributed by atoms with E-state index in [0.717, 1.165) is 10.6 Å². The van der Waals surface area contributed by atoms with Crippen LogP contribution in [0.15, 0.2) is 23.1 Å². The maximum Gasteiger partial charge on any atom is 0.421 e. The number of alkyl halides is 3. The van der Waals surface area contributed by atoms with Crippen LogP contribution in [0, 0.1) is 0 Å². The van der Waals surface area contributed by atoms with E-state index in [4.69, 9.17) is 0 Å². The topological polar surface area (TPSA) is 54.3 Å². The number of halogens is 3. The highest BCUT2D eigenvalue weighted by atomic mass is 19.4. The molecule has 0 fully saturated rings. The van der Waals surface area contributed by atoms with E-state index in [1.807, 2.05) is 27.7 Å². The number of hydrogen-bond donors (Lipinski definition) is 1. The van der Waals surface area contributed by atoms with Crippen molar-refractivity contribution in [3.05, 3.63) is 34.2 Å².